The van der Waals surface area contributed by atoms with Crippen LogP contribution in [0.2, 0.25) is 0 Å². The summed E-state index contributed by atoms with van der Waals surface area (Å²) in [5.41, 5.74) is 0.669. The van der Waals surface area contributed by atoms with Crippen molar-refractivity contribution in [3.63, 3.8) is 0 Å². The Bertz CT molecular complexity index is 1090. The summed E-state index contributed by atoms with van der Waals surface area (Å²) in [6.45, 7) is 1.28. The molecular weight excluding hydrogens is 399 g/mol. The van der Waals surface area contributed by atoms with Crippen LogP contribution in [0.3, 0.4) is 0 Å². The van der Waals surface area contributed by atoms with E-state index in [2.05, 4.69) is 24.5 Å². The minimum atomic E-state index is -4.72. The molecule has 4 heterocycles. The molecule has 0 radical (unpaired) electrons. The summed E-state index contributed by atoms with van der Waals surface area (Å²) in [5, 5.41) is 3.39. The van der Waals surface area contributed by atoms with Crippen molar-refractivity contribution in [2.75, 3.05) is 18.0 Å². The molecule has 30 heavy (non-hydrogen) atoms. The topological polar surface area (TPSA) is 75.4 Å². The van der Waals surface area contributed by atoms with Crippen LogP contribution in [0.1, 0.15) is 22.7 Å². The van der Waals surface area contributed by atoms with Gasteiger partial charge < -0.3 is 14.3 Å². The van der Waals surface area contributed by atoms with Gasteiger partial charge in [-0.1, -0.05) is 23.4 Å². The van der Waals surface area contributed by atoms with Crippen LogP contribution in [0.4, 0.5) is 19.0 Å². The predicted molar refractivity (Wildman–Crippen MR) is 99.5 cm³/mol. The van der Waals surface area contributed by atoms with E-state index in [4.69, 9.17) is 0 Å². The number of alkyl halides is 3. The molecular formula is C20H16F3N5O2. The maximum Gasteiger partial charge on any atom is 0.471 e. The van der Waals surface area contributed by atoms with Gasteiger partial charge in [0, 0.05) is 30.4 Å². The summed E-state index contributed by atoms with van der Waals surface area (Å²) in [6, 6.07) is 12.3. The third-order valence-electron chi connectivity index (χ3n) is 5.48. The molecule has 2 bridgehead atoms. The predicted octanol–water partition coefficient (Wildman–Crippen LogP) is 3.25. The number of nitrogens with zero attached hydrogens (tertiary/aromatic N) is 5. The van der Waals surface area contributed by atoms with Crippen molar-refractivity contribution in [3.8, 4) is 11.4 Å². The van der Waals surface area contributed by atoms with Crippen LogP contribution in [0.5, 0.6) is 0 Å². The number of amides is 1. The number of carbonyl (C=O) groups is 1. The van der Waals surface area contributed by atoms with Crippen molar-refractivity contribution in [2.45, 2.75) is 24.7 Å². The first-order valence-electron chi connectivity index (χ1n) is 9.40. The average molecular weight is 415 g/mol. The molecule has 2 saturated heterocycles. The van der Waals surface area contributed by atoms with Crippen LogP contribution in [0, 0.1) is 0 Å². The van der Waals surface area contributed by atoms with Crippen molar-refractivity contribution >= 4 is 11.7 Å². The standard InChI is InChI=1S/C20H16F3N5O2/c21-20(22,23)19-25-17(26-30-19)12-4-3-5-13(8-12)18(29)28-11-14-9-15(28)10-27(14)16-6-1-2-7-24-16/h1-8,14-15H,9-11H2. The summed E-state index contributed by atoms with van der Waals surface area (Å²) < 4.78 is 42.4. The van der Waals surface area contributed by atoms with Crippen molar-refractivity contribution in [2.24, 2.45) is 0 Å². The van der Waals surface area contributed by atoms with E-state index < -0.39 is 12.1 Å². The Morgan fingerprint density at radius 2 is 1.97 bits per heavy atom. The summed E-state index contributed by atoms with van der Waals surface area (Å²) in [6.07, 6.45) is -2.10. The number of anilines is 1. The zero-order valence-electron chi connectivity index (χ0n) is 15.6. The van der Waals surface area contributed by atoms with E-state index in [-0.39, 0.29) is 23.8 Å². The third kappa shape index (κ3) is 3.17. The monoisotopic (exact) mass is 415 g/mol. The van der Waals surface area contributed by atoms with Crippen molar-refractivity contribution in [1.82, 2.24) is 20.0 Å². The Hall–Kier alpha value is -3.43. The minimum absolute atomic E-state index is 0.0650. The van der Waals surface area contributed by atoms with Gasteiger partial charge in [0.15, 0.2) is 0 Å². The molecule has 154 valence electrons. The number of likely N-dealkylation sites (tertiary alicyclic amines) is 1. The summed E-state index contributed by atoms with van der Waals surface area (Å²) in [7, 11) is 0. The van der Waals surface area contributed by atoms with E-state index in [9.17, 15) is 18.0 Å². The van der Waals surface area contributed by atoms with Crippen LogP contribution in [-0.4, -0.2) is 51.1 Å². The first-order valence-corrected chi connectivity index (χ1v) is 9.40. The smallest absolute Gasteiger partial charge is 0.350 e. The molecule has 0 aliphatic carbocycles. The lowest BCUT2D eigenvalue weighted by molar-refractivity contribution is -0.159. The largest absolute Gasteiger partial charge is 0.471 e. The van der Waals surface area contributed by atoms with E-state index in [1.165, 1.54) is 6.07 Å². The second-order valence-electron chi connectivity index (χ2n) is 7.34. The maximum absolute atomic E-state index is 13.1. The van der Waals surface area contributed by atoms with E-state index in [1.807, 2.05) is 23.1 Å². The van der Waals surface area contributed by atoms with Gasteiger partial charge in [0.1, 0.15) is 5.82 Å². The van der Waals surface area contributed by atoms with Gasteiger partial charge in [-0.05, 0) is 30.7 Å². The molecule has 2 unspecified atom stereocenters. The number of hydrogen-bond donors (Lipinski definition) is 0. The van der Waals surface area contributed by atoms with Crippen LogP contribution >= 0.6 is 0 Å². The van der Waals surface area contributed by atoms with Gasteiger partial charge in [-0.2, -0.15) is 18.2 Å². The first-order chi connectivity index (χ1) is 14.4. The van der Waals surface area contributed by atoms with E-state index >= 15 is 0 Å². The van der Waals surface area contributed by atoms with Crippen LogP contribution < -0.4 is 4.90 Å². The van der Waals surface area contributed by atoms with Crippen LogP contribution in [0.15, 0.2) is 53.2 Å². The highest BCUT2D eigenvalue weighted by Gasteiger charge is 2.46. The Morgan fingerprint density at radius 1 is 1.10 bits per heavy atom. The molecule has 5 rings (SSSR count). The maximum atomic E-state index is 13.1. The minimum Gasteiger partial charge on any atom is -0.350 e. The molecule has 1 aromatic carbocycles. The van der Waals surface area contributed by atoms with Gasteiger partial charge in [-0.25, -0.2) is 4.98 Å². The van der Waals surface area contributed by atoms with Crippen LogP contribution in [-0.2, 0) is 6.18 Å². The first kappa shape index (κ1) is 18.6. The number of rotatable bonds is 3. The number of pyridine rings is 1. The molecule has 2 atom stereocenters. The second-order valence-corrected chi connectivity index (χ2v) is 7.34. The van der Waals surface area contributed by atoms with Gasteiger partial charge >= 0.3 is 12.1 Å². The highest BCUT2D eigenvalue weighted by Crippen LogP contribution is 2.35. The van der Waals surface area contributed by atoms with Crippen LogP contribution in [0.25, 0.3) is 11.4 Å². The lowest BCUT2D eigenvalue weighted by atomic mass is 10.1. The van der Waals surface area contributed by atoms with E-state index in [0.717, 1.165) is 12.2 Å². The van der Waals surface area contributed by atoms with Crippen molar-refractivity contribution < 1.29 is 22.5 Å². The normalized spacial score (nSPS) is 20.8. The summed E-state index contributed by atoms with van der Waals surface area (Å²) in [4.78, 5) is 24.9. The second kappa shape index (κ2) is 6.82. The molecule has 2 fully saturated rings. The van der Waals surface area contributed by atoms with Gasteiger partial charge in [0.2, 0.25) is 5.82 Å². The Morgan fingerprint density at radius 3 is 2.63 bits per heavy atom. The number of carbonyl (C=O) groups excluding carboxylic acids is 1. The van der Waals surface area contributed by atoms with Gasteiger partial charge in [-0.3, -0.25) is 4.79 Å². The quantitative estimate of drug-likeness (QED) is 0.654. The van der Waals surface area contributed by atoms with Gasteiger partial charge in [0.25, 0.3) is 5.91 Å². The molecule has 2 aliphatic heterocycles. The number of fused-ring (bicyclic) bond motifs is 2. The summed E-state index contributed by atoms with van der Waals surface area (Å²) in [5.74, 6) is -0.886. The lowest BCUT2D eigenvalue weighted by Gasteiger charge is -2.35. The fourth-order valence-electron chi connectivity index (χ4n) is 4.13. The molecule has 7 nitrogen and oxygen atoms in total. The van der Waals surface area contributed by atoms with Gasteiger partial charge in [-0.15, -0.1) is 0 Å². The molecule has 3 aromatic rings. The number of piperazine rings is 1. The molecule has 2 aliphatic rings. The highest BCUT2D eigenvalue weighted by molar-refractivity contribution is 5.96. The molecule has 10 heteroatoms. The number of halogens is 3. The molecule has 2 aromatic heterocycles. The zero-order valence-corrected chi connectivity index (χ0v) is 15.6. The molecule has 0 saturated carbocycles. The van der Waals surface area contributed by atoms with Gasteiger partial charge in [0.05, 0.1) is 12.1 Å². The average Bonchev–Trinajstić information content (AvgIpc) is 3.49. The van der Waals surface area contributed by atoms with Crippen molar-refractivity contribution in [1.29, 1.82) is 0 Å². The molecule has 0 spiro atoms. The Balaban J connectivity index is 1.34. The SMILES string of the molecule is O=C(c1cccc(-c2noc(C(F)(F)F)n2)c1)N1CC2CC1CN2c1ccccn1. The van der Waals surface area contributed by atoms with E-state index in [0.29, 0.717) is 24.2 Å². The molecule has 1 amide bonds. The third-order valence-corrected chi connectivity index (χ3v) is 5.48. The van der Waals surface area contributed by atoms with Crippen molar-refractivity contribution in [3.05, 3.63) is 60.1 Å². The molecule has 0 N–H and O–H groups in total. The summed E-state index contributed by atoms with van der Waals surface area (Å²) >= 11 is 0. The lowest BCUT2D eigenvalue weighted by Crippen LogP contribution is -2.49. The highest BCUT2D eigenvalue weighted by atomic mass is 19.4. The zero-order chi connectivity index (χ0) is 20.9. The fraction of sp³-hybridized carbons (Fsp3) is 0.300. The number of hydrogen-bond acceptors (Lipinski definition) is 6. The Labute approximate surface area is 169 Å². The Kier molecular flexibility index (Phi) is 4.23. The van der Waals surface area contributed by atoms with E-state index in [1.54, 1.807) is 24.4 Å². The number of benzene rings is 1. The number of aromatic nitrogens is 3. The fourth-order valence-corrected chi connectivity index (χ4v) is 4.13.